The van der Waals surface area contributed by atoms with E-state index in [1.165, 1.54) is 18.0 Å². The number of halogens is 3. The molecule has 0 aromatic carbocycles. The molecule has 0 amide bonds. The molecule has 19 heavy (non-hydrogen) atoms. The quantitative estimate of drug-likeness (QED) is 0.711. The summed E-state index contributed by atoms with van der Waals surface area (Å²) in [4.78, 5) is 8.15. The van der Waals surface area contributed by atoms with E-state index in [1.54, 1.807) is 0 Å². The maximum atomic E-state index is 12.7. The summed E-state index contributed by atoms with van der Waals surface area (Å²) in [6.45, 7) is 0.0528. The smallest absolute Gasteiger partial charge is 0.389 e. The van der Waals surface area contributed by atoms with Crippen LogP contribution in [0.1, 0.15) is 5.82 Å². The highest BCUT2D eigenvalue weighted by atomic mass is 19.4. The Hall–Kier alpha value is -1.61. The first-order valence-electron chi connectivity index (χ1n) is 5.56. The summed E-state index contributed by atoms with van der Waals surface area (Å²) in [5, 5.41) is 21.3. The summed E-state index contributed by atoms with van der Waals surface area (Å²) in [6.07, 6.45) is -6.65. The van der Waals surface area contributed by atoms with Gasteiger partial charge in [0, 0.05) is 26.2 Å². The van der Waals surface area contributed by atoms with Crippen molar-refractivity contribution in [2.75, 3.05) is 30.4 Å². The molecular formula is C10H13F3N4O2. The van der Waals surface area contributed by atoms with Gasteiger partial charge in [-0.1, -0.05) is 0 Å². The van der Waals surface area contributed by atoms with Crippen molar-refractivity contribution in [3.8, 4) is 0 Å². The Morgan fingerprint density at radius 1 is 1.26 bits per heavy atom. The molecule has 1 saturated heterocycles. The molecule has 2 atom stereocenters. The Balaban J connectivity index is 2.35. The second kappa shape index (κ2) is 4.82. The van der Waals surface area contributed by atoms with E-state index < -0.39 is 24.2 Å². The van der Waals surface area contributed by atoms with Crippen molar-refractivity contribution < 1.29 is 23.4 Å². The summed E-state index contributed by atoms with van der Waals surface area (Å²) in [6, 6.07) is 1.33. The molecule has 1 aromatic heterocycles. The van der Waals surface area contributed by atoms with Crippen LogP contribution in [0.4, 0.5) is 24.8 Å². The number of β-amino-alcohol motifs (C(OH)–C–C–N with tert-alkyl or cyclic N) is 2. The van der Waals surface area contributed by atoms with Gasteiger partial charge in [0.2, 0.25) is 5.82 Å². The number of hydrogen-bond donors (Lipinski definition) is 3. The van der Waals surface area contributed by atoms with Crippen LogP contribution in [0.5, 0.6) is 0 Å². The molecule has 0 radical (unpaired) electrons. The monoisotopic (exact) mass is 278 g/mol. The van der Waals surface area contributed by atoms with Crippen LogP contribution in [0.2, 0.25) is 0 Å². The summed E-state index contributed by atoms with van der Waals surface area (Å²) < 4.78 is 38.0. The zero-order chi connectivity index (χ0) is 14.2. The van der Waals surface area contributed by atoms with Gasteiger partial charge in [0.1, 0.15) is 11.6 Å². The van der Waals surface area contributed by atoms with Crippen LogP contribution >= 0.6 is 0 Å². The molecule has 3 N–H and O–H groups in total. The van der Waals surface area contributed by atoms with Gasteiger partial charge in [-0.05, 0) is 0 Å². The van der Waals surface area contributed by atoms with Crippen LogP contribution in [0.3, 0.4) is 0 Å². The molecule has 0 aliphatic carbocycles. The molecule has 106 valence electrons. The van der Waals surface area contributed by atoms with Crippen molar-refractivity contribution in [2.24, 2.45) is 0 Å². The second-order valence-corrected chi connectivity index (χ2v) is 4.22. The van der Waals surface area contributed by atoms with E-state index in [-0.39, 0.29) is 24.7 Å². The normalized spacial score (nSPS) is 23.8. The minimum atomic E-state index is -4.65. The minimum absolute atomic E-state index is 0.0160. The van der Waals surface area contributed by atoms with Gasteiger partial charge < -0.3 is 20.4 Å². The largest absolute Gasteiger partial charge is 0.451 e. The average molecular weight is 278 g/mol. The standard InChI is InChI=1S/C10H13F3N4O2/c1-14-7-2-8(16-9(15-7)10(11,12)13)17-3-5(18)6(19)4-17/h2,5-6,18-19H,3-4H2,1H3,(H,14,15,16). The lowest BCUT2D eigenvalue weighted by atomic mass is 10.3. The molecule has 0 spiro atoms. The number of nitrogens with one attached hydrogen (secondary N) is 1. The van der Waals surface area contributed by atoms with Crippen LogP contribution in [0.15, 0.2) is 6.07 Å². The lowest BCUT2D eigenvalue weighted by Gasteiger charge is -2.18. The molecule has 0 saturated carbocycles. The van der Waals surface area contributed by atoms with E-state index in [0.717, 1.165) is 0 Å². The number of nitrogens with zero attached hydrogens (tertiary/aromatic N) is 3. The van der Waals surface area contributed by atoms with E-state index in [2.05, 4.69) is 15.3 Å². The average Bonchev–Trinajstić information content (AvgIpc) is 2.68. The highest BCUT2D eigenvalue weighted by Gasteiger charge is 2.37. The summed E-state index contributed by atoms with van der Waals surface area (Å²) in [5.41, 5.74) is 0. The van der Waals surface area contributed by atoms with Gasteiger partial charge >= 0.3 is 6.18 Å². The van der Waals surface area contributed by atoms with Crippen molar-refractivity contribution in [3.63, 3.8) is 0 Å². The molecule has 1 fully saturated rings. The minimum Gasteiger partial charge on any atom is -0.389 e. The number of aliphatic hydroxyl groups is 2. The Labute approximate surface area is 106 Å². The second-order valence-electron chi connectivity index (χ2n) is 4.22. The molecule has 2 unspecified atom stereocenters. The Kier molecular flexibility index (Phi) is 3.50. The lowest BCUT2D eigenvalue weighted by molar-refractivity contribution is -0.144. The van der Waals surface area contributed by atoms with E-state index in [4.69, 9.17) is 0 Å². The van der Waals surface area contributed by atoms with Crippen molar-refractivity contribution >= 4 is 11.6 Å². The maximum Gasteiger partial charge on any atom is 0.451 e. The van der Waals surface area contributed by atoms with Crippen molar-refractivity contribution in [1.82, 2.24) is 9.97 Å². The van der Waals surface area contributed by atoms with E-state index in [1.807, 2.05) is 0 Å². The summed E-state index contributed by atoms with van der Waals surface area (Å²) >= 11 is 0. The highest BCUT2D eigenvalue weighted by Crippen LogP contribution is 2.30. The van der Waals surface area contributed by atoms with Gasteiger partial charge in [0.25, 0.3) is 0 Å². The zero-order valence-corrected chi connectivity index (χ0v) is 10.0. The fraction of sp³-hybridized carbons (Fsp3) is 0.600. The first-order valence-corrected chi connectivity index (χ1v) is 5.56. The predicted molar refractivity (Wildman–Crippen MR) is 60.8 cm³/mol. The highest BCUT2D eigenvalue weighted by molar-refractivity contribution is 5.50. The molecule has 2 rings (SSSR count). The topological polar surface area (TPSA) is 81.5 Å². The lowest BCUT2D eigenvalue weighted by Crippen LogP contribution is -2.24. The van der Waals surface area contributed by atoms with Crippen molar-refractivity contribution in [1.29, 1.82) is 0 Å². The molecule has 6 nitrogen and oxygen atoms in total. The molecule has 1 aliphatic rings. The number of rotatable bonds is 2. The SMILES string of the molecule is CNc1cc(N2CC(O)C(O)C2)nc(C(F)(F)F)n1. The Morgan fingerprint density at radius 2 is 1.84 bits per heavy atom. The third kappa shape index (κ3) is 2.87. The number of anilines is 2. The van der Waals surface area contributed by atoms with Crippen LogP contribution < -0.4 is 10.2 Å². The Morgan fingerprint density at radius 3 is 2.32 bits per heavy atom. The first kappa shape index (κ1) is 13.8. The number of alkyl halides is 3. The van der Waals surface area contributed by atoms with Crippen LogP contribution in [0, 0.1) is 0 Å². The maximum absolute atomic E-state index is 12.7. The van der Waals surface area contributed by atoms with Gasteiger partial charge in [-0.3, -0.25) is 0 Å². The first-order chi connectivity index (χ1) is 8.81. The fourth-order valence-corrected chi connectivity index (χ4v) is 1.81. The molecule has 0 bridgehead atoms. The third-order valence-electron chi connectivity index (χ3n) is 2.81. The fourth-order valence-electron chi connectivity index (χ4n) is 1.81. The third-order valence-corrected chi connectivity index (χ3v) is 2.81. The van der Waals surface area contributed by atoms with Gasteiger partial charge in [-0.2, -0.15) is 13.2 Å². The number of aliphatic hydroxyl groups excluding tert-OH is 2. The molecular weight excluding hydrogens is 265 g/mol. The molecule has 1 aromatic rings. The molecule has 2 heterocycles. The van der Waals surface area contributed by atoms with Crippen molar-refractivity contribution in [2.45, 2.75) is 18.4 Å². The van der Waals surface area contributed by atoms with Crippen molar-refractivity contribution in [3.05, 3.63) is 11.9 Å². The van der Waals surface area contributed by atoms with Gasteiger partial charge in [0.15, 0.2) is 0 Å². The van der Waals surface area contributed by atoms with Crippen LogP contribution in [-0.4, -0.2) is 52.5 Å². The molecule has 1 aliphatic heterocycles. The Bertz CT molecular complexity index is 459. The number of hydrogen-bond acceptors (Lipinski definition) is 6. The van der Waals surface area contributed by atoms with Gasteiger partial charge in [-0.15, -0.1) is 0 Å². The number of aromatic nitrogens is 2. The predicted octanol–water partition coefficient (Wildman–Crippen LogP) is 0.0789. The summed E-state index contributed by atoms with van der Waals surface area (Å²) in [5.74, 6) is -1.22. The molecule has 9 heteroatoms. The van der Waals surface area contributed by atoms with Crippen LogP contribution in [0.25, 0.3) is 0 Å². The van der Waals surface area contributed by atoms with Gasteiger partial charge in [-0.25, -0.2) is 9.97 Å². The zero-order valence-electron chi connectivity index (χ0n) is 10.0. The van der Waals surface area contributed by atoms with Gasteiger partial charge in [0.05, 0.1) is 12.2 Å². The van der Waals surface area contributed by atoms with Crippen LogP contribution in [-0.2, 0) is 6.18 Å². The summed E-state index contributed by atoms with van der Waals surface area (Å²) in [7, 11) is 1.44. The van der Waals surface area contributed by atoms with E-state index >= 15 is 0 Å². The van der Waals surface area contributed by atoms with E-state index in [0.29, 0.717) is 0 Å². The van der Waals surface area contributed by atoms with E-state index in [9.17, 15) is 23.4 Å².